The highest BCUT2D eigenvalue weighted by Gasteiger charge is 2.42. The minimum Gasteiger partial charge on any atom is -0.324 e. The SMILES string of the molecule is CSc1ccc([C@@H]2C3=C(CCCC3=O)N=C(C)C2C(=O)Nc2cc(C(F)(F)F)ccc2Cl)cc1. The van der Waals surface area contributed by atoms with E-state index in [4.69, 9.17) is 11.6 Å². The van der Waals surface area contributed by atoms with Gasteiger partial charge in [-0.25, -0.2) is 0 Å². The highest BCUT2D eigenvalue weighted by molar-refractivity contribution is 7.98. The summed E-state index contributed by atoms with van der Waals surface area (Å²) >= 11 is 7.68. The number of nitrogens with one attached hydrogen (secondary N) is 1. The number of carbonyl (C=O) groups is 2. The molecule has 34 heavy (non-hydrogen) atoms. The Morgan fingerprint density at radius 3 is 2.50 bits per heavy atom. The molecule has 0 aromatic heterocycles. The maximum absolute atomic E-state index is 13.5. The number of benzene rings is 2. The van der Waals surface area contributed by atoms with Crippen molar-refractivity contribution >= 4 is 46.5 Å². The number of alkyl halides is 3. The van der Waals surface area contributed by atoms with Crippen molar-refractivity contribution in [2.24, 2.45) is 10.9 Å². The zero-order valence-corrected chi connectivity index (χ0v) is 20.1. The van der Waals surface area contributed by atoms with Gasteiger partial charge in [0.2, 0.25) is 5.91 Å². The largest absolute Gasteiger partial charge is 0.416 e. The molecule has 0 bridgehead atoms. The number of hydrogen-bond acceptors (Lipinski definition) is 4. The number of halogens is 4. The van der Waals surface area contributed by atoms with Crippen molar-refractivity contribution in [3.05, 3.63) is 69.9 Å². The van der Waals surface area contributed by atoms with Gasteiger partial charge in [0.15, 0.2) is 5.78 Å². The van der Waals surface area contributed by atoms with Crippen LogP contribution in [-0.2, 0) is 15.8 Å². The first kappa shape index (κ1) is 24.5. The maximum Gasteiger partial charge on any atom is 0.416 e. The summed E-state index contributed by atoms with van der Waals surface area (Å²) in [7, 11) is 0. The minimum absolute atomic E-state index is 0.0127. The molecular weight excluding hydrogens is 485 g/mol. The van der Waals surface area contributed by atoms with Crippen LogP contribution in [0.5, 0.6) is 0 Å². The fraction of sp³-hybridized carbons (Fsp3) is 0.320. The molecule has 0 saturated carbocycles. The van der Waals surface area contributed by atoms with E-state index in [0.717, 1.165) is 28.7 Å². The Balaban J connectivity index is 1.76. The molecule has 1 aliphatic carbocycles. The predicted molar refractivity (Wildman–Crippen MR) is 129 cm³/mol. The van der Waals surface area contributed by atoms with Gasteiger partial charge in [-0.05, 0) is 61.9 Å². The molecule has 1 aliphatic heterocycles. The van der Waals surface area contributed by atoms with Crippen molar-refractivity contribution in [3.8, 4) is 0 Å². The lowest BCUT2D eigenvalue weighted by Gasteiger charge is -2.35. The number of rotatable bonds is 4. The van der Waals surface area contributed by atoms with Crippen molar-refractivity contribution in [2.45, 2.75) is 43.2 Å². The Hall–Kier alpha value is -2.58. The third kappa shape index (κ3) is 4.79. The number of amides is 1. The summed E-state index contributed by atoms with van der Waals surface area (Å²) in [5.41, 5.74) is 1.44. The van der Waals surface area contributed by atoms with Crippen molar-refractivity contribution < 1.29 is 22.8 Å². The lowest BCUT2D eigenvalue weighted by Crippen LogP contribution is -2.39. The zero-order chi connectivity index (χ0) is 24.6. The van der Waals surface area contributed by atoms with Gasteiger partial charge in [0.1, 0.15) is 0 Å². The van der Waals surface area contributed by atoms with Crippen LogP contribution in [0.1, 0.15) is 43.2 Å². The quantitative estimate of drug-likeness (QED) is 0.459. The Morgan fingerprint density at radius 1 is 1.15 bits per heavy atom. The first-order valence-electron chi connectivity index (χ1n) is 10.7. The fourth-order valence-corrected chi connectivity index (χ4v) is 5.10. The molecule has 1 amide bonds. The van der Waals surface area contributed by atoms with Gasteiger partial charge in [0.05, 0.1) is 22.2 Å². The van der Waals surface area contributed by atoms with Crippen LogP contribution in [0, 0.1) is 5.92 Å². The van der Waals surface area contributed by atoms with E-state index in [2.05, 4.69) is 10.3 Å². The van der Waals surface area contributed by atoms with Crippen LogP contribution in [0.25, 0.3) is 0 Å². The minimum atomic E-state index is -4.58. The number of anilines is 1. The van der Waals surface area contributed by atoms with Crippen molar-refractivity contribution in [1.82, 2.24) is 0 Å². The molecule has 0 fully saturated rings. The summed E-state index contributed by atoms with van der Waals surface area (Å²) in [6.45, 7) is 1.71. The monoisotopic (exact) mass is 506 g/mol. The smallest absolute Gasteiger partial charge is 0.324 e. The topological polar surface area (TPSA) is 58.5 Å². The summed E-state index contributed by atoms with van der Waals surface area (Å²) < 4.78 is 39.6. The standard InChI is InChI=1S/C25H22ClF3N2O2S/c1-13-21(24(33)31-19-12-15(25(27,28)29)8-11-17(19)26)22(14-6-9-16(34-2)10-7-14)23-18(30-13)4-3-5-20(23)32/h6-12,21-22H,3-5H2,1-2H3,(H,31,33)/t21?,22-/m0/s1. The molecule has 0 radical (unpaired) electrons. The Morgan fingerprint density at radius 2 is 1.85 bits per heavy atom. The molecule has 1 unspecified atom stereocenters. The number of carbonyl (C=O) groups excluding carboxylic acids is 2. The number of hydrogen-bond donors (Lipinski definition) is 1. The van der Waals surface area contributed by atoms with Crippen LogP contribution in [0.4, 0.5) is 18.9 Å². The first-order valence-corrected chi connectivity index (χ1v) is 12.3. The van der Waals surface area contributed by atoms with Crippen LogP contribution in [0.3, 0.4) is 0 Å². The van der Waals surface area contributed by atoms with Gasteiger partial charge in [0.25, 0.3) is 0 Å². The van der Waals surface area contributed by atoms with Gasteiger partial charge >= 0.3 is 6.18 Å². The molecule has 178 valence electrons. The first-order chi connectivity index (χ1) is 16.1. The summed E-state index contributed by atoms with van der Waals surface area (Å²) in [6.07, 6.45) is -0.912. The van der Waals surface area contributed by atoms with Crippen LogP contribution in [0.2, 0.25) is 5.02 Å². The Bertz CT molecular complexity index is 1210. The molecule has 4 rings (SSSR count). The average Bonchev–Trinajstić information content (AvgIpc) is 2.79. The second-order valence-electron chi connectivity index (χ2n) is 8.30. The number of Topliss-reactive ketones (excluding diaryl/α,β-unsaturated/α-hetero) is 1. The normalized spacial score (nSPS) is 20.6. The van der Waals surface area contributed by atoms with E-state index in [9.17, 15) is 22.8 Å². The maximum atomic E-state index is 13.5. The van der Waals surface area contributed by atoms with E-state index in [-0.39, 0.29) is 16.5 Å². The molecule has 1 N–H and O–H groups in total. The van der Waals surface area contributed by atoms with Gasteiger partial charge in [-0.15, -0.1) is 11.8 Å². The molecule has 1 heterocycles. The van der Waals surface area contributed by atoms with Crippen LogP contribution in [0.15, 0.2) is 63.6 Å². The lowest BCUT2D eigenvalue weighted by atomic mass is 9.71. The van der Waals surface area contributed by atoms with Crippen LogP contribution in [-0.4, -0.2) is 23.7 Å². The van der Waals surface area contributed by atoms with E-state index in [1.54, 1.807) is 18.7 Å². The van der Waals surface area contributed by atoms with E-state index in [1.165, 1.54) is 0 Å². The number of aliphatic imine (C=N–C) groups is 1. The van der Waals surface area contributed by atoms with Gasteiger partial charge in [0, 0.05) is 34.2 Å². The summed E-state index contributed by atoms with van der Waals surface area (Å²) in [6, 6.07) is 10.4. The number of allylic oxidation sites excluding steroid dienone is 2. The second kappa shape index (κ2) is 9.58. The summed E-state index contributed by atoms with van der Waals surface area (Å²) in [4.78, 5) is 32.1. The third-order valence-corrected chi connectivity index (χ3v) is 7.22. The molecular formula is C25H22ClF3N2O2S. The van der Waals surface area contributed by atoms with Crippen molar-refractivity contribution in [3.63, 3.8) is 0 Å². The summed E-state index contributed by atoms with van der Waals surface area (Å²) in [5.74, 6) is -2.06. The molecule has 2 aliphatic rings. The van der Waals surface area contributed by atoms with E-state index < -0.39 is 29.5 Å². The molecule has 0 spiro atoms. The molecule has 2 atom stereocenters. The highest BCUT2D eigenvalue weighted by atomic mass is 35.5. The highest BCUT2D eigenvalue weighted by Crippen LogP contribution is 2.44. The predicted octanol–water partition coefficient (Wildman–Crippen LogP) is 6.90. The van der Waals surface area contributed by atoms with E-state index >= 15 is 0 Å². The average molecular weight is 507 g/mol. The molecule has 0 saturated heterocycles. The van der Waals surface area contributed by atoms with E-state index in [1.807, 2.05) is 30.5 Å². The number of ketones is 1. The van der Waals surface area contributed by atoms with Gasteiger partial charge in [-0.2, -0.15) is 13.2 Å². The molecule has 2 aromatic carbocycles. The zero-order valence-electron chi connectivity index (χ0n) is 18.5. The lowest BCUT2D eigenvalue weighted by molar-refractivity contribution is -0.137. The van der Waals surface area contributed by atoms with Gasteiger partial charge in [-0.3, -0.25) is 14.6 Å². The van der Waals surface area contributed by atoms with Crippen molar-refractivity contribution in [2.75, 3.05) is 11.6 Å². The Kier molecular flexibility index (Phi) is 6.92. The number of thioether (sulfide) groups is 1. The molecule has 2 aromatic rings. The fourth-order valence-electron chi connectivity index (χ4n) is 4.53. The van der Waals surface area contributed by atoms with E-state index in [0.29, 0.717) is 36.2 Å². The summed E-state index contributed by atoms with van der Waals surface area (Å²) in [5, 5.41) is 2.55. The second-order valence-corrected chi connectivity index (χ2v) is 9.59. The third-order valence-electron chi connectivity index (χ3n) is 6.14. The van der Waals surface area contributed by atoms with Crippen molar-refractivity contribution in [1.29, 1.82) is 0 Å². The van der Waals surface area contributed by atoms with Gasteiger partial charge < -0.3 is 5.32 Å². The molecule has 4 nitrogen and oxygen atoms in total. The number of nitrogens with zero attached hydrogens (tertiary/aromatic N) is 1. The Labute approximate surface area is 204 Å². The van der Waals surface area contributed by atoms with Gasteiger partial charge in [-0.1, -0.05) is 23.7 Å². The van der Waals surface area contributed by atoms with Crippen LogP contribution >= 0.6 is 23.4 Å². The van der Waals surface area contributed by atoms with Crippen LogP contribution < -0.4 is 5.32 Å². The molecule has 9 heteroatoms.